The van der Waals surface area contributed by atoms with Crippen molar-refractivity contribution in [3.8, 4) is 0 Å². The van der Waals surface area contributed by atoms with Crippen molar-refractivity contribution in [3.05, 3.63) is 120 Å². The summed E-state index contributed by atoms with van der Waals surface area (Å²) < 4.78 is 5.47. The Hall–Kier alpha value is -4.89. The van der Waals surface area contributed by atoms with E-state index in [-0.39, 0.29) is 37.2 Å². The van der Waals surface area contributed by atoms with Gasteiger partial charge in [-0.3, -0.25) is 14.4 Å². The summed E-state index contributed by atoms with van der Waals surface area (Å²) in [7, 11) is 0. The minimum Gasteiger partial charge on any atom is -0.445 e. The number of nitrogens with one attached hydrogen (secondary N) is 4. The summed E-state index contributed by atoms with van der Waals surface area (Å²) in [5, 5.41) is 13.5. The van der Waals surface area contributed by atoms with Gasteiger partial charge in [0.2, 0.25) is 17.7 Å². The first-order valence-electron chi connectivity index (χ1n) is 16.3. The topological polar surface area (TPSA) is 126 Å². The Morgan fingerprint density at radius 1 is 0.771 bits per heavy atom. The summed E-state index contributed by atoms with van der Waals surface area (Å²) in [6, 6.07) is 29.7. The van der Waals surface area contributed by atoms with Crippen LogP contribution in [-0.4, -0.2) is 54.4 Å². The Bertz CT molecular complexity index is 1680. The Labute approximate surface area is 285 Å². The summed E-state index contributed by atoms with van der Waals surface area (Å²) in [5.41, 5.74) is 2.50. The second kappa shape index (κ2) is 17.3. The predicted molar refractivity (Wildman–Crippen MR) is 186 cm³/mol. The number of alkyl halides is 1. The van der Waals surface area contributed by atoms with E-state index in [1.807, 2.05) is 103 Å². The molecule has 0 bridgehead atoms. The molecule has 4 aromatic carbocycles. The third-order valence-corrected chi connectivity index (χ3v) is 8.91. The highest BCUT2D eigenvalue weighted by Gasteiger charge is 2.31. The molecule has 1 saturated heterocycles. The minimum absolute atomic E-state index is 0.0349. The smallest absolute Gasteiger partial charge is 0.408 e. The molecule has 4 aromatic rings. The fourth-order valence-corrected chi connectivity index (χ4v) is 6.21. The van der Waals surface area contributed by atoms with Gasteiger partial charge < -0.3 is 26.0 Å². The maximum absolute atomic E-state index is 14.1. The molecule has 1 aliphatic heterocycles. The summed E-state index contributed by atoms with van der Waals surface area (Å²) in [4.78, 5) is 53.4. The van der Waals surface area contributed by atoms with Crippen molar-refractivity contribution >= 4 is 46.2 Å². The van der Waals surface area contributed by atoms with Crippen molar-refractivity contribution < 1.29 is 23.9 Å². The van der Waals surface area contributed by atoms with Crippen molar-refractivity contribution in [1.82, 2.24) is 21.3 Å². The lowest BCUT2D eigenvalue weighted by atomic mass is 9.92. The summed E-state index contributed by atoms with van der Waals surface area (Å²) in [5.74, 6) is -1.14. The van der Waals surface area contributed by atoms with Gasteiger partial charge in [0.15, 0.2) is 0 Å². The predicted octanol–water partition coefficient (Wildman–Crippen LogP) is 5.04. The zero-order valence-corrected chi connectivity index (χ0v) is 27.5. The average Bonchev–Trinajstić information content (AvgIpc) is 3.11. The fourth-order valence-electron chi connectivity index (χ4n) is 6.00. The van der Waals surface area contributed by atoms with Crippen molar-refractivity contribution in [2.24, 2.45) is 5.92 Å². The first-order valence-corrected chi connectivity index (χ1v) is 16.8. The van der Waals surface area contributed by atoms with Crippen LogP contribution in [0.3, 0.4) is 0 Å². The molecule has 1 heterocycles. The molecular formula is C38H41ClN4O5. The van der Waals surface area contributed by atoms with Gasteiger partial charge in [-0.2, -0.15) is 0 Å². The number of carbonyl (C=O) groups is 4. The highest BCUT2D eigenvalue weighted by Crippen LogP contribution is 2.21. The Morgan fingerprint density at radius 2 is 1.42 bits per heavy atom. The van der Waals surface area contributed by atoms with Crippen LogP contribution in [0.2, 0.25) is 0 Å². The molecule has 1 fully saturated rings. The van der Waals surface area contributed by atoms with Gasteiger partial charge in [0.05, 0.1) is 0 Å². The molecule has 48 heavy (non-hydrogen) atoms. The molecule has 0 spiro atoms. The first kappa shape index (κ1) is 34.4. The van der Waals surface area contributed by atoms with Crippen LogP contribution in [0.15, 0.2) is 103 Å². The van der Waals surface area contributed by atoms with Gasteiger partial charge in [-0.05, 0) is 46.7 Å². The number of alkyl carbamates (subject to hydrolysis) is 1. The van der Waals surface area contributed by atoms with Gasteiger partial charge in [0, 0.05) is 37.2 Å². The van der Waals surface area contributed by atoms with Gasteiger partial charge in [0.1, 0.15) is 18.7 Å². The average molecular weight is 669 g/mol. The van der Waals surface area contributed by atoms with Gasteiger partial charge in [-0.25, -0.2) is 4.79 Å². The van der Waals surface area contributed by atoms with Gasteiger partial charge in [-0.15, -0.1) is 11.6 Å². The molecule has 5 rings (SSSR count). The number of carbonyl (C=O) groups excluding carboxylic acids is 4. The maximum atomic E-state index is 14.1. The van der Waals surface area contributed by atoms with Crippen LogP contribution in [0.25, 0.3) is 10.8 Å². The SMILES string of the molecule is O=C(N[C@@H](Cc1cccc2ccccc12)C(=O)N[C@@H](Cc1ccccc1)C(=O)N[C@H](CCl)C[C@@H]1CCCNC1=O)OCc1ccccc1. The van der Waals surface area contributed by atoms with Crippen molar-refractivity contribution in [1.29, 1.82) is 0 Å². The molecule has 4 atom stereocenters. The number of amides is 4. The zero-order chi connectivity index (χ0) is 33.7. The van der Waals surface area contributed by atoms with E-state index in [1.54, 1.807) is 0 Å². The fraction of sp³-hybridized carbons (Fsp3) is 0.316. The van der Waals surface area contributed by atoms with Crippen LogP contribution in [-0.2, 0) is 38.6 Å². The van der Waals surface area contributed by atoms with E-state index in [0.29, 0.717) is 13.0 Å². The number of halogens is 1. The van der Waals surface area contributed by atoms with Crippen LogP contribution >= 0.6 is 11.6 Å². The van der Waals surface area contributed by atoms with E-state index >= 15 is 0 Å². The van der Waals surface area contributed by atoms with Gasteiger partial charge >= 0.3 is 6.09 Å². The van der Waals surface area contributed by atoms with Crippen molar-refractivity contribution in [2.45, 2.75) is 56.8 Å². The minimum atomic E-state index is -1.06. The second-order valence-electron chi connectivity index (χ2n) is 12.1. The number of piperidine rings is 1. The molecule has 0 radical (unpaired) electrons. The Kier molecular flexibility index (Phi) is 12.4. The number of ether oxygens (including phenoxy) is 1. The van der Waals surface area contributed by atoms with E-state index in [0.717, 1.165) is 40.3 Å². The van der Waals surface area contributed by atoms with E-state index in [1.165, 1.54) is 0 Å². The summed E-state index contributed by atoms with van der Waals surface area (Å²) in [6.07, 6.45) is 1.60. The lowest BCUT2D eigenvalue weighted by Gasteiger charge is -2.28. The molecule has 4 amide bonds. The molecule has 0 saturated carbocycles. The number of hydrogen-bond donors (Lipinski definition) is 4. The lowest BCUT2D eigenvalue weighted by molar-refractivity contribution is -0.130. The maximum Gasteiger partial charge on any atom is 0.408 e. The van der Waals surface area contributed by atoms with Crippen molar-refractivity contribution in [3.63, 3.8) is 0 Å². The monoisotopic (exact) mass is 668 g/mol. The number of hydrogen-bond acceptors (Lipinski definition) is 5. The molecule has 0 unspecified atom stereocenters. The van der Waals surface area contributed by atoms with E-state index in [4.69, 9.17) is 16.3 Å². The van der Waals surface area contributed by atoms with Crippen molar-refractivity contribution in [2.75, 3.05) is 12.4 Å². The largest absolute Gasteiger partial charge is 0.445 e. The highest BCUT2D eigenvalue weighted by molar-refractivity contribution is 6.18. The Balaban J connectivity index is 1.35. The molecule has 1 aliphatic rings. The third kappa shape index (κ3) is 9.81. The summed E-state index contributed by atoms with van der Waals surface area (Å²) in [6.45, 7) is 0.680. The Morgan fingerprint density at radius 3 is 2.15 bits per heavy atom. The third-order valence-electron chi connectivity index (χ3n) is 8.54. The lowest BCUT2D eigenvalue weighted by Crippen LogP contribution is -2.56. The number of rotatable bonds is 14. The molecular weight excluding hydrogens is 628 g/mol. The van der Waals surface area contributed by atoms with Gasteiger partial charge in [-0.1, -0.05) is 103 Å². The normalized spacial score (nSPS) is 16.2. The molecule has 0 aliphatic carbocycles. The zero-order valence-electron chi connectivity index (χ0n) is 26.7. The van der Waals surface area contributed by atoms with Crippen LogP contribution in [0.5, 0.6) is 0 Å². The highest BCUT2D eigenvalue weighted by atomic mass is 35.5. The molecule has 10 heteroatoms. The summed E-state index contributed by atoms with van der Waals surface area (Å²) >= 11 is 6.27. The van der Waals surface area contributed by atoms with Crippen LogP contribution in [0.1, 0.15) is 36.0 Å². The van der Waals surface area contributed by atoms with Crippen LogP contribution in [0, 0.1) is 5.92 Å². The quantitative estimate of drug-likeness (QED) is 0.140. The second-order valence-corrected chi connectivity index (χ2v) is 12.4. The van der Waals surface area contributed by atoms with E-state index < -0.39 is 36.0 Å². The number of fused-ring (bicyclic) bond motifs is 1. The van der Waals surface area contributed by atoms with E-state index in [9.17, 15) is 19.2 Å². The van der Waals surface area contributed by atoms with E-state index in [2.05, 4.69) is 21.3 Å². The molecule has 0 aromatic heterocycles. The van der Waals surface area contributed by atoms with Gasteiger partial charge in [0.25, 0.3) is 0 Å². The number of benzene rings is 4. The standard InChI is InChI=1S/C38H41ClN4O5/c39-24-31(22-30-18-10-20-40-35(30)44)41-36(45)33(21-26-11-3-1-4-12-26)42-37(46)34(43-38(47)48-25-27-13-5-2-6-14-27)23-29-17-9-16-28-15-7-8-19-32(28)29/h1-9,11-17,19,30-31,33-34H,10,18,20-25H2,(H,40,44)(H,41,45)(H,42,46)(H,43,47)/t30-,31-,33-,34-/m0/s1. The molecule has 4 N–H and O–H groups in total. The molecule has 9 nitrogen and oxygen atoms in total. The van der Waals surface area contributed by atoms with Crippen LogP contribution in [0.4, 0.5) is 4.79 Å². The first-order chi connectivity index (χ1) is 23.4. The van der Waals surface area contributed by atoms with Crippen LogP contribution < -0.4 is 21.3 Å². The molecule has 250 valence electrons.